The fourth-order valence-corrected chi connectivity index (χ4v) is 1.54. The van der Waals surface area contributed by atoms with Crippen molar-refractivity contribution in [2.45, 2.75) is 33.7 Å². The van der Waals surface area contributed by atoms with Gasteiger partial charge in [-0.3, -0.25) is 4.79 Å². The Bertz CT molecular complexity index is 201. The third-order valence-electron chi connectivity index (χ3n) is 2.37. The quantitative estimate of drug-likeness (QED) is 0.664. The van der Waals surface area contributed by atoms with Gasteiger partial charge in [0.15, 0.2) is 0 Å². The molecule has 0 radical (unpaired) electrons. The molecule has 0 aromatic carbocycles. The third-order valence-corrected chi connectivity index (χ3v) is 2.37. The summed E-state index contributed by atoms with van der Waals surface area (Å²) >= 11 is 0. The van der Waals surface area contributed by atoms with E-state index in [1.165, 1.54) is 0 Å². The van der Waals surface area contributed by atoms with Crippen LogP contribution in [0.25, 0.3) is 0 Å². The Morgan fingerprint density at radius 2 is 1.57 bits per heavy atom. The summed E-state index contributed by atoms with van der Waals surface area (Å²) in [7, 11) is 0. The van der Waals surface area contributed by atoms with Gasteiger partial charge in [-0.25, -0.2) is 0 Å². The second kappa shape index (κ2) is 5.81. The van der Waals surface area contributed by atoms with Crippen LogP contribution in [-0.4, -0.2) is 17.1 Å². The van der Waals surface area contributed by atoms with Crippen LogP contribution in [-0.2, 0) is 4.79 Å². The molecule has 1 atom stereocenters. The van der Waals surface area contributed by atoms with Crippen molar-refractivity contribution in [3.63, 3.8) is 0 Å². The monoisotopic (exact) mass is 199 g/mol. The van der Waals surface area contributed by atoms with Crippen molar-refractivity contribution in [1.82, 2.24) is 0 Å². The van der Waals surface area contributed by atoms with Gasteiger partial charge in [-0.15, -0.1) is 0 Å². The van der Waals surface area contributed by atoms with Crippen LogP contribution in [0.2, 0.25) is 0 Å². The molecule has 0 aromatic heterocycles. The zero-order valence-electron chi connectivity index (χ0n) is 9.40. The van der Waals surface area contributed by atoms with Crippen molar-refractivity contribution >= 4 is 5.97 Å². The lowest BCUT2D eigenvalue weighted by Gasteiger charge is -2.21. The van der Waals surface area contributed by atoms with Crippen LogP contribution in [0.3, 0.4) is 0 Å². The second-order valence-electron chi connectivity index (χ2n) is 4.31. The van der Waals surface area contributed by atoms with Crippen molar-refractivity contribution in [3.8, 4) is 0 Å². The van der Waals surface area contributed by atoms with E-state index < -0.39 is 12.0 Å². The first-order chi connectivity index (χ1) is 6.36. The summed E-state index contributed by atoms with van der Waals surface area (Å²) in [6, 6.07) is -0.880. The van der Waals surface area contributed by atoms with E-state index in [4.69, 9.17) is 10.8 Å². The van der Waals surface area contributed by atoms with E-state index >= 15 is 0 Å². The SMILES string of the molecule is CC(C)C(/C=C/C(N)C(=O)O)C(C)C. The highest BCUT2D eigenvalue weighted by atomic mass is 16.4. The van der Waals surface area contributed by atoms with Crippen LogP contribution >= 0.6 is 0 Å². The molecule has 14 heavy (non-hydrogen) atoms. The van der Waals surface area contributed by atoms with Gasteiger partial charge in [0.05, 0.1) is 0 Å². The van der Waals surface area contributed by atoms with E-state index in [-0.39, 0.29) is 0 Å². The molecule has 82 valence electrons. The van der Waals surface area contributed by atoms with Crippen LogP contribution in [0.4, 0.5) is 0 Å². The number of carboxylic acids is 1. The van der Waals surface area contributed by atoms with Crippen molar-refractivity contribution in [2.24, 2.45) is 23.5 Å². The van der Waals surface area contributed by atoms with Crippen molar-refractivity contribution in [3.05, 3.63) is 12.2 Å². The summed E-state index contributed by atoms with van der Waals surface area (Å²) in [6.45, 7) is 8.51. The molecule has 0 aliphatic rings. The van der Waals surface area contributed by atoms with Crippen LogP contribution in [0.15, 0.2) is 12.2 Å². The molecule has 0 amide bonds. The lowest BCUT2D eigenvalue weighted by Crippen LogP contribution is -2.28. The highest BCUT2D eigenvalue weighted by Crippen LogP contribution is 2.21. The Morgan fingerprint density at radius 1 is 1.14 bits per heavy atom. The largest absolute Gasteiger partial charge is 0.480 e. The average molecular weight is 199 g/mol. The van der Waals surface area contributed by atoms with Gasteiger partial charge in [-0.05, 0) is 17.8 Å². The summed E-state index contributed by atoms with van der Waals surface area (Å²) in [4.78, 5) is 10.5. The van der Waals surface area contributed by atoms with Crippen molar-refractivity contribution in [2.75, 3.05) is 0 Å². The molecule has 0 fully saturated rings. The fraction of sp³-hybridized carbons (Fsp3) is 0.727. The molecule has 3 nitrogen and oxygen atoms in total. The minimum Gasteiger partial charge on any atom is -0.480 e. The summed E-state index contributed by atoms with van der Waals surface area (Å²) in [5.74, 6) is 0.424. The van der Waals surface area contributed by atoms with Gasteiger partial charge in [0.25, 0.3) is 0 Å². The maximum Gasteiger partial charge on any atom is 0.324 e. The predicted octanol–water partition coefficient (Wildman–Crippen LogP) is 1.88. The van der Waals surface area contributed by atoms with E-state index in [2.05, 4.69) is 27.7 Å². The van der Waals surface area contributed by atoms with E-state index in [9.17, 15) is 4.79 Å². The molecule has 1 unspecified atom stereocenters. The standard InChI is InChI=1S/C11H21NO2/c1-7(2)9(8(3)4)5-6-10(12)11(13)14/h5-10H,12H2,1-4H3,(H,13,14)/b6-5+. The number of aliphatic carboxylic acids is 1. The van der Waals surface area contributed by atoms with Crippen LogP contribution in [0.5, 0.6) is 0 Å². The summed E-state index contributed by atoms with van der Waals surface area (Å²) < 4.78 is 0. The molecule has 0 saturated heterocycles. The van der Waals surface area contributed by atoms with Gasteiger partial charge in [0, 0.05) is 0 Å². The molecule has 0 aliphatic heterocycles. The number of hydrogen-bond donors (Lipinski definition) is 2. The van der Waals surface area contributed by atoms with Crippen LogP contribution in [0.1, 0.15) is 27.7 Å². The molecule has 0 heterocycles. The number of rotatable bonds is 5. The predicted molar refractivity (Wildman–Crippen MR) is 57.9 cm³/mol. The van der Waals surface area contributed by atoms with Crippen LogP contribution in [0, 0.1) is 17.8 Å². The Kier molecular flexibility index (Phi) is 5.46. The highest BCUT2D eigenvalue weighted by Gasteiger charge is 2.15. The average Bonchev–Trinajstić information content (AvgIpc) is 2.02. The lowest BCUT2D eigenvalue weighted by molar-refractivity contribution is -0.137. The summed E-state index contributed by atoms with van der Waals surface area (Å²) in [5, 5.41) is 8.60. The molecular formula is C11H21NO2. The van der Waals surface area contributed by atoms with Gasteiger partial charge in [0.2, 0.25) is 0 Å². The highest BCUT2D eigenvalue weighted by molar-refractivity contribution is 5.75. The zero-order valence-corrected chi connectivity index (χ0v) is 9.40. The van der Waals surface area contributed by atoms with Crippen molar-refractivity contribution in [1.29, 1.82) is 0 Å². The lowest BCUT2D eigenvalue weighted by atomic mass is 9.85. The maximum atomic E-state index is 10.5. The Labute approximate surface area is 86.0 Å². The summed E-state index contributed by atoms with van der Waals surface area (Å²) in [5.41, 5.74) is 5.38. The number of nitrogens with two attached hydrogens (primary N) is 1. The first kappa shape index (κ1) is 13.2. The van der Waals surface area contributed by atoms with E-state index in [0.717, 1.165) is 0 Å². The maximum absolute atomic E-state index is 10.5. The molecule has 0 bridgehead atoms. The molecule has 0 spiro atoms. The van der Waals surface area contributed by atoms with E-state index in [1.807, 2.05) is 6.08 Å². The second-order valence-corrected chi connectivity index (χ2v) is 4.31. The first-order valence-electron chi connectivity index (χ1n) is 5.03. The number of hydrogen-bond acceptors (Lipinski definition) is 2. The molecule has 0 rings (SSSR count). The number of carbonyl (C=O) groups is 1. The minimum absolute atomic E-state index is 0.389. The Morgan fingerprint density at radius 3 is 1.86 bits per heavy atom. The first-order valence-corrected chi connectivity index (χ1v) is 5.03. The third kappa shape index (κ3) is 4.42. The van der Waals surface area contributed by atoms with E-state index in [0.29, 0.717) is 17.8 Å². The topological polar surface area (TPSA) is 63.3 Å². The normalized spacial score (nSPS) is 14.6. The Hall–Kier alpha value is -0.830. The Balaban J connectivity index is 4.36. The number of allylic oxidation sites excluding steroid dienone is 1. The van der Waals surface area contributed by atoms with E-state index in [1.54, 1.807) is 6.08 Å². The zero-order chi connectivity index (χ0) is 11.3. The number of carboxylic acid groups (broad SMARTS) is 1. The van der Waals surface area contributed by atoms with Crippen LogP contribution < -0.4 is 5.73 Å². The molecule has 0 aliphatic carbocycles. The summed E-state index contributed by atoms with van der Waals surface area (Å²) in [6.07, 6.45) is 3.50. The molecule has 0 saturated carbocycles. The fourth-order valence-electron chi connectivity index (χ4n) is 1.54. The van der Waals surface area contributed by atoms with Gasteiger partial charge in [-0.2, -0.15) is 0 Å². The van der Waals surface area contributed by atoms with Gasteiger partial charge in [0.1, 0.15) is 6.04 Å². The van der Waals surface area contributed by atoms with Crippen molar-refractivity contribution < 1.29 is 9.90 Å². The minimum atomic E-state index is -0.979. The van der Waals surface area contributed by atoms with Gasteiger partial charge in [-0.1, -0.05) is 39.8 Å². The molecular weight excluding hydrogens is 178 g/mol. The molecule has 0 aromatic rings. The molecule has 3 N–H and O–H groups in total. The smallest absolute Gasteiger partial charge is 0.324 e. The van der Waals surface area contributed by atoms with Gasteiger partial charge < -0.3 is 10.8 Å². The molecule has 3 heteroatoms. The van der Waals surface area contributed by atoms with Gasteiger partial charge >= 0.3 is 5.97 Å².